The number of nitrogens with one attached hydrogen (secondary N) is 2. The van der Waals surface area contributed by atoms with E-state index in [1.807, 2.05) is 17.0 Å². The van der Waals surface area contributed by atoms with Gasteiger partial charge >= 0.3 is 0 Å². The number of hydrogen-bond donors (Lipinski definition) is 2. The number of nitrogens with zero attached hydrogens (tertiary/aromatic N) is 2. The van der Waals surface area contributed by atoms with E-state index in [1.54, 1.807) is 0 Å². The Hall–Kier alpha value is -2.08. The van der Waals surface area contributed by atoms with E-state index in [1.165, 1.54) is 5.56 Å². The summed E-state index contributed by atoms with van der Waals surface area (Å²) >= 11 is 0. The van der Waals surface area contributed by atoms with Gasteiger partial charge in [-0.05, 0) is 44.4 Å². The average Bonchev–Trinajstić information content (AvgIpc) is 2.85. The van der Waals surface area contributed by atoms with E-state index in [4.69, 9.17) is 0 Å². The Morgan fingerprint density at radius 3 is 2.88 bits per heavy atom. The summed E-state index contributed by atoms with van der Waals surface area (Å²) in [6, 6.07) is 6.06. The van der Waals surface area contributed by atoms with Gasteiger partial charge in [-0.3, -0.25) is 14.5 Å². The molecule has 0 aliphatic carbocycles. The molecule has 140 valence electrons. The van der Waals surface area contributed by atoms with Gasteiger partial charge in [0.2, 0.25) is 5.91 Å². The van der Waals surface area contributed by atoms with Gasteiger partial charge in [0.25, 0.3) is 5.91 Å². The van der Waals surface area contributed by atoms with Crippen molar-refractivity contribution in [1.29, 1.82) is 0 Å². The smallest absolute Gasteiger partial charge is 0.256 e. The summed E-state index contributed by atoms with van der Waals surface area (Å²) < 4.78 is 0. The van der Waals surface area contributed by atoms with Crippen LogP contribution < -0.4 is 10.6 Å². The Labute approximate surface area is 154 Å². The molecule has 0 aromatic heterocycles. The van der Waals surface area contributed by atoms with E-state index in [0.717, 1.165) is 56.6 Å². The van der Waals surface area contributed by atoms with Crippen molar-refractivity contribution in [3.05, 3.63) is 29.3 Å². The monoisotopic (exact) mass is 356 g/mol. The standard InChI is InChI=1S/C20H28N4O2/c1-23-12-13-24(14-20(23)8-7-17(25)21-11-9-20)19(26)16-6-2-4-15-5-3-10-22-18(15)16/h2,4,6,22H,3,5,7-14H2,1H3,(H,21,25)/t20-/m1/s1. The molecule has 1 atom stereocenters. The molecule has 6 heteroatoms. The first-order valence-electron chi connectivity index (χ1n) is 9.72. The van der Waals surface area contributed by atoms with Crippen LogP contribution in [0.4, 0.5) is 5.69 Å². The quantitative estimate of drug-likeness (QED) is 0.800. The average molecular weight is 356 g/mol. The molecule has 2 saturated heterocycles. The predicted molar refractivity (Wildman–Crippen MR) is 101 cm³/mol. The Balaban J connectivity index is 1.58. The summed E-state index contributed by atoms with van der Waals surface area (Å²) in [6.45, 7) is 3.90. The molecule has 6 nitrogen and oxygen atoms in total. The molecule has 4 rings (SSSR count). The van der Waals surface area contributed by atoms with Gasteiger partial charge in [0, 0.05) is 44.7 Å². The van der Waals surface area contributed by atoms with Crippen LogP contribution in [0.2, 0.25) is 0 Å². The molecular formula is C20H28N4O2. The van der Waals surface area contributed by atoms with Gasteiger partial charge in [-0.1, -0.05) is 12.1 Å². The van der Waals surface area contributed by atoms with E-state index in [9.17, 15) is 9.59 Å². The van der Waals surface area contributed by atoms with Crippen LogP contribution >= 0.6 is 0 Å². The third kappa shape index (κ3) is 3.07. The second kappa shape index (κ2) is 6.91. The van der Waals surface area contributed by atoms with E-state index >= 15 is 0 Å². The SMILES string of the molecule is CN1CCN(C(=O)c2cccc3c2NCCC3)C[C@@]12CCNC(=O)CC2. The van der Waals surface area contributed by atoms with Gasteiger partial charge in [-0.2, -0.15) is 0 Å². The van der Waals surface area contributed by atoms with E-state index < -0.39 is 0 Å². The number of anilines is 1. The first-order valence-corrected chi connectivity index (χ1v) is 9.72. The minimum absolute atomic E-state index is 0.102. The van der Waals surface area contributed by atoms with Crippen molar-refractivity contribution in [2.45, 2.75) is 37.6 Å². The van der Waals surface area contributed by atoms with Crippen molar-refractivity contribution in [3.8, 4) is 0 Å². The molecule has 1 aromatic rings. The van der Waals surface area contributed by atoms with Crippen LogP contribution in [0.1, 0.15) is 41.6 Å². The number of piperazine rings is 1. The van der Waals surface area contributed by atoms with Gasteiger partial charge in [0.15, 0.2) is 0 Å². The zero-order chi connectivity index (χ0) is 18.1. The lowest BCUT2D eigenvalue weighted by molar-refractivity contribution is -0.121. The second-order valence-corrected chi connectivity index (χ2v) is 7.84. The van der Waals surface area contributed by atoms with Gasteiger partial charge in [-0.15, -0.1) is 0 Å². The first-order chi connectivity index (χ1) is 12.6. The third-order valence-corrected chi connectivity index (χ3v) is 6.32. The van der Waals surface area contributed by atoms with Crippen molar-refractivity contribution in [2.24, 2.45) is 0 Å². The Morgan fingerprint density at radius 2 is 2.00 bits per heavy atom. The molecule has 3 aliphatic rings. The highest BCUT2D eigenvalue weighted by molar-refractivity contribution is 6.00. The van der Waals surface area contributed by atoms with Crippen LogP contribution in [0.25, 0.3) is 0 Å². The molecule has 0 unspecified atom stereocenters. The fraction of sp³-hybridized carbons (Fsp3) is 0.600. The van der Waals surface area contributed by atoms with Crippen LogP contribution in [0.3, 0.4) is 0 Å². The van der Waals surface area contributed by atoms with E-state index in [0.29, 0.717) is 19.5 Å². The summed E-state index contributed by atoms with van der Waals surface area (Å²) in [5.74, 6) is 0.243. The van der Waals surface area contributed by atoms with Crippen LogP contribution in [-0.2, 0) is 11.2 Å². The number of likely N-dealkylation sites (N-methyl/N-ethyl adjacent to an activating group) is 1. The maximum Gasteiger partial charge on any atom is 0.256 e. The van der Waals surface area contributed by atoms with E-state index in [-0.39, 0.29) is 17.4 Å². The molecule has 1 aromatic carbocycles. The minimum Gasteiger partial charge on any atom is -0.384 e. The number of carbonyl (C=O) groups excluding carboxylic acids is 2. The molecule has 3 aliphatic heterocycles. The molecule has 0 saturated carbocycles. The summed E-state index contributed by atoms with van der Waals surface area (Å²) in [6.07, 6.45) is 4.39. The predicted octanol–water partition coefficient (Wildman–Crippen LogP) is 1.47. The summed E-state index contributed by atoms with van der Waals surface area (Å²) in [5, 5.41) is 6.41. The van der Waals surface area contributed by atoms with Crippen LogP contribution in [-0.4, -0.2) is 66.9 Å². The Bertz CT molecular complexity index is 720. The molecule has 2 amide bonds. The van der Waals surface area contributed by atoms with Gasteiger partial charge in [-0.25, -0.2) is 0 Å². The number of aryl methyl sites for hydroxylation is 1. The van der Waals surface area contributed by atoms with Crippen LogP contribution in [0.5, 0.6) is 0 Å². The van der Waals surface area contributed by atoms with Crippen molar-refractivity contribution in [2.75, 3.05) is 45.1 Å². The fourth-order valence-electron chi connectivity index (χ4n) is 4.63. The van der Waals surface area contributed by atoms with Crippen LogP contribution in [0, 0.1) is 0 Å². The molecule has 3 heterocycles. The molecular weight excluding hydrogens is 328 g/mol. The Morgan fingerprint density at radius 1 is 1.12 bits per heavy atom. The number of para-hydroxylation sites is 1. The van der Waals surface area contributed by atoms with Crippen molar-refractivity contribution < 1.29 is 9.59 Å². The number of rotatable bonds is 1. The maximum absolute atomic E-state index is 13.3. The molecule has 2 N–H and O–H groups in total. The number of benzene rings is 1. The Kier molecular flexibility index (Phi) is 4.61. The largest absolute Gasteiger partial charge is 0.384 e. The molecule has 0 radical (unpaired) electrons. The fourth-order valence-corrected chi connectivity index (χ4v) is 4.63. The second-order valence-electron chi connectivity index (χ2n) is 7.84. The van der Waals surface area contributed by atoms with Crippen molar-refractivity contribution >= 4 is 17.5 Å². The molecule has 0 bridgehead atoms. The lowest BCUT2D eigenvalue weighted by Crippen LogP contribution is -2.62. The van der Waals surface area contributed by atoms with E-state index in [2.05, 4.69) is 28.6 Å². The number of hydrogen-bond acceptors (Lipinski definition) is 4. The number of carbonyl (C=O) groups is 2. The minimum atomic E-state index is -0.102. The van der Waals surface area contributed by atoms with Gasteiger partial charge < -0.3 is 15.5 Å². The maximum atomic E-state index is 13.3. The summed E-state index contributed by atoms with van der Waals surface area (Å²) in [7, 11) is 2.13. The van der Waals surface area contributed by atoms with Crippen molar-refractivity contribution in [1.82, 2.24) is 15.1 Å². The topological polar surface area (TPSA) is 64.7 Å². The molecule has 2 fully saturated rings. The van der Waals surface area contributed by atoms with Crippen molar-refractivity contribution in [3.63, 3.8) is 0 Å². The zero-order valence-corrected chi connectivity index (χ0v) is 15.5. The van der Waals surface area contributed by atoms with Crippen LogP contribution in [0.15, 0.2) is 18.2 Å². The summed E-state index contributed by atoms with van der Waals surface area (Å²) in [5.41, 5.74) is 2.96. The number of amides is 2. The van der Waals surface area contributed by atoms with Gasteiger partial charge in [0.05, 0.1) is 11.3 Å². The highest BCUT2D eigenvalue weighted by Crippen LogP contribution is 2.33. The number of fused-ring (bicyclic) bond motifs is 1. The lowest BCUT2D eigenvalue weighted by atomic mass is 9.86. The molecule has 1 spiro atoms. The summed E-state index contributed by atoms with van der Waals surface area (Å²) in [4.78, 5) is 29.5. The normalized spacial score (nSPS) is 26.7. The lowest BCUT2D eigenvalue weighted by Gasteiger charge is -2.49. The first kappa shape index (κ1) is 17.3. The third-order valence-electron chi connectivity index (χ3n) is 6.32. The highest BCUT2D eigenvalue weighted by Gasteiger charge is 2.42. The van der Waals surface area contributed by atoms with Gasteiger partial charge in [0.1, 0.15) is 0 Å². The highest BCUT2D eigenvalue weighted by atomic mass is 16.2. The zero-order valence-electron chi connectivity index (χ0n) is 15.5. The molecule has 26 heavy (non-hydrogen) atoms.